The third-order valence-corrected chi connectivity index (χ3v) is 5.04. The predicted molar refractivity (Wildman–Crippen MR) is 97.1 cm³/mol. The Balaban J connectivity index is 2.67. The second-order valence-electron chi connectivity index (χ2n) is 7.54. The molecule has 0 radical (unpaired) electrons. The lowest BCUT2D eigenvalue weighted by atomic mass is 9.81. The number of esters is 1. The summed E-state index contributed by atoms with van der Waals surface area (Å²) in [5.74, 6) is -0.395. The van der Waals surface area contributed by atoms with Crippen LogP contribution in [0.15, 0.2) is 0 Å². The van der Waals surface area contributed by atoms with Crippen LogP contribution in [-0.2, 0) is 14.3 Å². The third kappa shape index (κ3) is 5.70. The van der Waals surface area contributed by atoms with Crippen LogP contribution in [-0.4, -0.2) is 76.5 Å². The Kier molecular flexibility index (Phi) is 7.69. The van der Waals surface area contributed by atoms with Gasteiger partial charge in [0, 0.05) is 37.6 Å². The van der Waals surface area contributed by atoms with Crippen molar-refractivity contribution >= 4 is 27.8 Å². The number of carbonyl (C=O) groups excluding carboxylic acids is 2. The Morgan fingerprint density at radius 2 is 1.71 bits per heavy atom. The highest BCUT2D eigenvalue weighted by Crippen LogP contribution is 2.36. The van der Waals surface area contributed by atoms with Crippen molar-refractivity contribution in [2.75, 3.05) is 39.4 Å². The maximum Gasteiger partial charge on any atom is 0.322 e. The van der Waals surface area contributed by atoms with Gasteiger partial charge >= 0.3 is 5.97 Å². The Labute approximate surface area is 153 Å². The number of piperazine rings is 1. The molecule has 1 saturated heterocycles. The van der Waals surface area contributed by atoms with Gasteiger partial charge in [-0.2, -0.15) is 0 Å². The molecule has 0 spiro atoms. The summed E-state index contributed by atoms with van der Waals surface area (Å²) in [5.41, 5.74) is -0.684. The summed E-state index contributed by atoms with van der Waals surface area (Å²) in [6, 6.07) is 0.488. The van der Waals surface area contributed by atoms with Gasteiger partial charge in [0.05, 0.1) is 6.61 Å². The van der Waals surface area contributed by atoms with Gasteiger partial charge < -0.3 is 14.7 Å². The van der Waals surface area contributed by atoms with Gasteiger partial charge in [-0.25, -0.2) is 0 Å². The van der Waals surface area contributed by atoms with E-state index in [0.29, 0.717) is 25.6 Å². The lowest BCUT2D eigenvalue weighted by Crippen LogP contribution is -2.54. The molecule has 1 aliphatic rings. The van der Waals surface area contributed by atoms with E-state index in [-0.39, 0.29) is 19.1 Å². The van der Waals surface area contributed by atoms with E-state index in [4.69, 9.17) is 9.84 Å². The zero-order valence-corrected chi connectivity index (χ0v) is 17.1. The van der Waals surface area contributed by atoms with Crippen molar-refractivity contribution in [1.82, 2.24) is 9.80 Å². The Morgan fingerprint density at radius 3 is 2.17 bits per heavy atom. The number of ether oxygens (including phenoxy) is 1. The van der Waals surface area contributed by atoms with E-state index in [9.17, 15) is 9.59 Å². The average molecular weight is 407 g/mol. The summed E-state index contributed by atoms with van der Waals surface area (Å²) < 4.78 is 4.04. The topological polar surface area (TPSA) is 70.1 Å². The largest absolute Gasteiger partial charge is 0.462 e. The number of hydrogen-bond acceptors (Lipinski definition) is 5. The van der Waals surface area contributed by atoms with Gasteiger partial charge in [0.25, 0.3) is 0 Å². The second-order valence-corrected chi connectivity index (χ2v) is 9.29. The highest BCUT2D eigenvalue weighted by atomic mass is 79.9. The van der Waals surface area contributed by atoms with Gasteiger partial charge in [0.1, 0.15) is 10.9 Å². The lowest BCUT2D eigenvalue weighted by Gasteiger charge is -2.41. The first-order valence-electron chi connectivity index (χ1n) is 8.51. The number of amides is 1. The van der Waals surface area contributed by atoms with E-state index in [0.717, 1.165) is 13.1 Å². The molecule has 140 valence electrons. The molecule has 1 amide bonds. The maximum atomic E-state index is 12.9. The van der Waals surface area contributed by atoms with Crippen molar-refractivity contribution in [3.05, 3.63) is 0 Å². The van der Waals surface area contributed by atoms with E-state index >= 15 is 0 Å². The molecular formula is C17H31BrN2O4. The van der Waals surface area contributed by atoms with Crippen molar-refractivity contribution in [3.8, 4) is 0 Å². The molecule has 0 aliphatic carbocycles. The number of aliphatic hydroxyl groups is 1. The molecule has 0 aromatic heterocycles. The van der Waals surface area contributed by atoms with E-state index in [2.05, 4.69) is 34.7 Å². The monoisotopic (exact) mass is 406 g/mol. The lowest BCUT2D eigenvalue weighted by molar-refractivity contribution is -0.150. The number of nitrogens with zero attached hydrogens (tertiary/aromatic N) is 2. The number of alkyl halides is 1. The van der Waals surface area contributed by atoms with Crippen LogP contribution < -0.4 is 0 Å². The minimum absolute atomic E-state index is 0.0362. The summed E-state index contributed by atoms with van der Waals surface area (Å²) >= 11 is 3.40. The van der Waals surface area contributed by atoms with Crippen LogP contribution in [0.3, 0.4) is 0 Å². The quantitative estimate of drug-likeness (QED) is 0.513. The Bertz CT molecular complexity index is 444. The maximum absolute atomic E-state index is 12.9. The van der Waals surface area contributed by atoms with Gasteiger partial charge in [-0.1, -0.05) is 29.8 Å². The molecule has 1 atom stereocenters. The first-order chi connectivity index (χ1) is 11.0. The molecule has 7 heteroatoms. The zero-order valence-electron chi connectivity index (χ0n) is 15.5. The third-order valence-electron chi connectivity index (χ3n) is 4.43. The molecule has 0 bridgehead atoms. The zero-order chi connectivity index (χ0) is 18.5. The van der Waals surface area contributed by atoms with Crippen molar-refractivity contribution in [3.63, 3.8) is 0 Å². The molecule has 0 aromatic carbocycles. The summed E-state index contributed by atoms with van der Waals surface area (Å²) in [7, 11) is 0. The van der Waals surface area contributed by atoms with E-state index in [1.54, 1.807) is 6.92 Å². The van der Waals surface area contributed by atoms with Crippen LogP contribution in [0, 0.1) is 5.41 Å². The first kappa shape index (κ1) is 21.4. The molecular weight excluding hydrogens is 376 g/mol. The fourth-order valence-electron chi connectivity index (χ4n) is 3.14. The SMILES string of the molecule is CC(C)N1CCN(C(=O)C(C)(C)CC(C)(Br)C(=O)OCCO)CC1. The smallest absolute Gasteiger partial charge is 0.322 e. The Morgan fingerprint density at radius 1 is 1.17 bits per heavy atom. The molecule has 1 aliphatic heterocycles. The van der Waals surface area contributed by atoms with Crippen molar-refractivity contribution in [2.24, 2.45) is 5.41 Å². The average Bonchev–Trinajstić information content (AvgIpc) is 2.50. The van der Waals surface area contributed by atoms with Crippen LogP contribution in [0.2, 0.25) is 0 Å². The van der Waals surface area contributed by atoms with E-state index in [1.165, 1.54) is 0 Å². The molecule has 24 heavy (non-hydrogen) atoms. The summed E-state index contributed by atoms with van der Waals surface area (Å²) in [6.45, 7) is 12.7. The summed E-state index contributed by atoms with van der Waals surface area (Å²) in [5, 5.41) is 8.77. The van der Waals surface area contributed by atoms with Gasteiger partial charge in [0.15, 0.2) is 0 Å². The van der Waals surface area contributed by atoms with Crippen molar-refractivity contribution < 1.29 is 19.4 Å². The van der Waals surface area contributed by atoms with Gasteiger partial charge in [-0.05, 0) is 27.2 Å². The number of hydrogen-bond donors (Lipinski definition) is 1. The molecule has 1 rings (SSSR count). The minimum atomic E-state index is -0.957. The highest BCUT2D eigenvalue weighted by Gasteiger charge is 2.43. The predicted octanol–water partition coefficient (Wildman–Crippen LogP) is 1.64. The molecule has 1 heterocycles. The van der Waals surface area contributed by atoms with Gasteiger partial charge in [0.2, 0.25) is 5.91 Å². The van der Waals surface area contributed by atoms with Crippen LogP contribution in [0.4, 0.5) is 0 Å². The Hall–Kier alpha value is -0.660. The fraction of sp³-hybridized carbons (Fsp3) is 0.882. The van der Waals surface area contributed by atoms with Gasteiger partial charge in [-0.3, -0.25) is 14.5 Å². The summed E-state index contributed by atoms with van der Waals surface area (Å²) in [4.78, 5) is 29.3. The first-order valence-corrected chi connectivity index (χ1v) is 9.31. The van der Waals surface area contributed by atoms with Gasteiger partial charge in [-0.15, -0.1) is 0 Å². The summed E-state index contributed by atoms with van der Waals surface area (Å²) in [6.07, 6.45) is 0.327. The minimum Gasteiger partial charge on any atom is -0.462 e. The molecule has 6 nitrogen and oxygen atoms in total. The van der Waals surface area contributed by atoms with Crippen molar-refractivity contribution in [2.45, 2.75) is 51.4 Å². The molecule has 0 aromatic rings. The molecule has 1 N–H and O–H groups in total. The second kappa shape index (κ2) is 8.63. The molecule has 1 fully saturated rings. The molecule has 0 saturated carbocycles. The van der Waals surface area contributed by atoms with E-state index < -0.39 is 15.7 Å². The molecule has 1 unspecified atom stereocenters. The van der Waals surface area contributed by atoms with Crippen LogP contribution >= 0.6 is 15.9 Å². The fourth-order valence-corrected chi connectivity index (χ4v) is 3.95. The van der Waals surface area contributed by atoms with Crippen molar-refractivity contribution in [1.29, 1.82) is 0 Å². The number of rotatable bonds is 7. The van der Waals surface area contributed by atoms with E-state index in [1.807, 2.05) is 18.7 Å². The number of aliphatic hydroxyl groups excluding tert-OH is 1. The number of carbonyl (C=O) groups is 2. The number of halogens is 1. The normalized spacial score (nSPS) is 19.2. The van der Waals surface area contributed by atoms with Crippen LogP contribution in [0.25, 0.3) is 0 Å². The standard InChI is InChI=1S/C17H31BrN2O4/c1-13(2)19-6-8-20(9-7-19)14(22)16(3,4)12-17(5,18)15(23)24-11-10-21/h13,21H,6-12H2,1-5H3. The van der Waals surface area contributed by atoms with Crippen LogP contribution in [0.5, 0.6) is 0 Å². The van der Waals surface area contributed by atoms with Crippen LogP contribution in [0.1, 0.15) is 41.0 Å². The highest BCUT2D eigenvalue weighted by molar-refractivity contribution is 9.10.